The number of nitrogens with zero attached hydrogens (tertiary/aromatic N) is 3. The van der Waals surface area contributed by atoms with Crippen molar-refractivity contribution in [2.45, 2.75) is 39.1 Å². The van der Waals surface area contributed by atoms with Gasteiger partial charge in [-0.25, -0.2) is 0 Å². The molecule has 0 atom stereocenters. The van der Waals surface area contributed by atoms with Crippen LogP contribution in [0.1, 0.15) is 46.5 Å². The number of fused-ring (bicyclic) bond motifs is 2. The average molecular weight is 455 g/mol. The number of ether oxygens (including phenoxy) is 1. The molecular formula is C24H20F3N3O3. The molecule has 2 aromatic rings. The molecule has 33 heavy (non-hydrogen) atoms. The Morgan fingerprint density at radius 1 is 1.21 bits per heavy atom. The summed E-state index contributed by atoms with van der Waals surface area (Å²) in [5, 5.41) is 9.54. The maximum Gasteiger partial charge on any atom is 0.471 e. The topological polar surface area (TPSA) is 73.6 Å². The minimum atomic E-state index is -5.13. The molecule has 0 aromatic heterocycles. The standard InChI is InChI=1S/C24H20F3N3O3/c1-13-14(11-28)9-10-17-18(13)19(30-12-15-7-5-6-8-16(15)21(30)31)20(23(2,3)33-17)29(4)22(32)24(25,26)27/h5-10H,12H2,1-4H3. The van der Waals surface area contributed by atoms with E-state index in [1.165, 1.54) is 18.7 Å². The van der Waals surface area contributed by atoms with Gasteiger partial charge in [0.05, 0.1) is 29.6 Å². The van der Waals surface area contributed by atoms with Crippen molar-refractivity contribution in [1.82, 2.24) is 9.80 Å². The number of amides is 2. The minimum absolute atomic E-state index is 0.105. The number of rotatable bonds is 2. The summed E-state index contributed by atoms with van der Waals surface area (Å²) in [7, 11) is 1.01. The fraction of sp³-hybridized carbons (Fsp3) is 0.292. The molecule has 0 fully saturated rings. The van der Waals surface area contributed by atoms with Gasteiger partial charge in [0.15, 0.2) is 0 Å². The number of carbonyl (C=O) groups excluding carboxylic acids is 2. The van der Waals surface area contributed by atoms with Crippen LogP contribution in [0.25, 0.3) is 5.70 Å². The average Bonchev–Trinajstić information content (AvgIpc) is 3.07. The highest BCUT2D eigenvalue weighted by Crippen LogP contribution is 2.47. The fourth-order valence-corrected chi connectivity index (χ4v) is 4.47. The van der Waals surface area contributed by atoms with Crippen LogP contribution in [-0.4, -0.2) is 40.4 Å². The smallest absolute Gasteiger partial charge is 0.471 e. The molecule has 6 nitrogen and oxygen atoms in total. The van der Waals surface area contributed by atoms with E-state index in [1.807, 2.05) is 0 Å². The normalized spacial score (nSPS) is 16.7. The van der Waals surface area contributed by atoms with E-state index >= 15 is 0 Å². The molecule has 170 valence electrons. The van der Waals surface area contributed by atoms with Crippen molar-refractivity contribution < 1.29 is 27.5 Å². The molecule has 2 amide bonds. The Morgan fingerprint density at radius 3 is 2.48 bits per heavy atom. The maximum atomic E-state index is 13.4. The van der Waals surface area contributed by atoms with Crippen LogP contribution in [-0.2, 0) is 11.3 Å². The molecule has 4 rings (SSSR count). The molecule has 0 unspecified atom stereocenters. The van der Waals surface area contributed by atoms with Crippen LogP contribution in [0.2, 0.25) is 0 Å². The maximum absolute atomic E-state index is 13.4. The Labute approximate surface area is 188 Å². The van der Waals surface area contributed by atoms with Gasteiger partial charge in [-0.2, -0.15) is 18.4 Å². The zero-order valence-electron chi connectivity index (χ0n) is 18.4. The number of likely N-dealkylation sites (N-methyl/N-ethyl adjacent to an activating group) is 1. The molecule has 2 aliphatic heterocycles. The van der Waals surface area contributed by atoms with Crippen LogP contribution in [0.4, 0.5) is 13.2 Å². The van der Waals surface area contributed by atoms with Crippen LogP contribution >= 0.6 is 0 Å². The zero-order valence-corrected chi connectivity index (χ0v) is 18.4. The number of benzene rings is 2. The van der Waals surface area contributed by atoms with Gasteiger partial charge in [-0.15, -0.1) is 0 Å². The lowest BCUT2D eigenvalue weighted by molar-refractivity contribution is -0.183. The van der Waals surface area contributed by atoms with Crippen LogP contribution in [0.15, 0.2) is 42.1 Å². The Bertz CT molecular complexity index is 1270. The summed E-state index contributed by atoms with van der Waals surface area (Å²) in [6.07, 6.45) is -5.13. The van der Waals surface area contributed by atoms with Crippen LogP contribution in [0.3, 0.4) is 0 Å². The molecule has 2 aromatic carbocycles. The van der Waals surface area contributed by atoms with Crippen LogP contribution in [0, 0.1) is 18.3 Å². The molecule has 2 aliphatic rings. The van der Waals surface area contributed by atoms with Gasteiger partial charge >= 0.3 is 12.1 Å². The first-order chi connectivity index (χ1) is 15.4. The Hall–Kier alpha value is -3.80. The van der Waals surface area contributed by atoms with Crippen molar-refractivity contribution in [3.63, 3.8) is 0 Å². The van der Waals surface area contributed by atoms with E-state index in [1.54, 1.807) is 43.3 Å². The molecule has 0 spiro atoms. The van der Waals surface area contributed by atoms with Crippen LogP contribution in [0.5, 0.6) is 5.75 Å². The van der Waals surface area contributed by atoms with Gasteiger partial charge < -0.3 is 14.5 Å². The molecule has 2 heterocycles. The second-order valence-electron chi connectivity index (χ2n) is 8.44. The zero-order chi connectivity index (χ0) is 24.3. The third kappa shape index (κ3) is 3.42. The second-order valence-corrected chi connectivity index (χ2v) is 8.44. The first kappa shape index (κ1) is 22.4. The highest BCUT2D eigenvalue weighted by molar-refractivity contribution is 6.05. The summed E-state index contributed by atoms with van der Waals surface area (Å²) in [5.41, 5.74) is 0.777. The van der Waals surface area contributed by atoms with Crippen molar-refractivity contribution in [2.75, 3.05) is 7.05 Å². The highest BCUT2D eigenvalue weighted by atomic mass is 19.4. The van der Waals surface area contributed by atoms with Gasteiger partial charge in [-0.05, 0) is 50.1 Å². The molecule has 0 radical (unpaired) electrons. The highest BCUT2D eigenvalue weighted by Gasteiger charge is 2.49. The lowest BCUT2D eigenvalue weighted by atomic mass is 9.89. The molecule has 0 aliphatic carbocycles. The molecular weight excluding hydrogens is 435 g/mol. The van der Waals surface area contributed by atoms with Gasteiger partial charge in [-0.3, -0.25) is 9.59 Å². The van der Waals surface area contributed by atoms with Gasteiger partial charge in [-0.1, -0.05) is 18.2 Å². The molecule has 9 heteroatoms. The third-order valence-corrected chi connectivity index (χ3v) is 5.92. The Kier molecular flexibility index (Phi) is 5.00. The van der Waals surface area contributed by atoms with E-state index in [4.69, 9.17) is 4.74 Å². The third-order valence-electron chi connectivity index (χ3n) is 5.92. The van der Waals surface area contributed by atoms with Crippen molar-refractivity contribution >= 4 is 17.5 Å². The largest absolute Gasteiger partial charge is 0.481 e. The summed E-state index contributed by atoms with van der Waals surface area (Å²) in [6.45, 7) is 4.81. The van der Waals surface area contributed by atoms with Gasteiger partial charge in [0.25, 0.3) is 5.91 Å². The molecule has 0 saturated carbocycles. The number of carbonyl (C=O) groups is 2. The lowest BCUT2D eigenvalue weighted by Gasteiger charge is -2.43. The first-order valence-corrected chi connectivity index (χ1v) is 10.1. The Morgan fingerprint density at radius 2 is 1.88 bits per heavy atom. The monoisotopic (exact) mass is 455 g/mol. The summed E-state index contributed by atoms with van der Waals surface area (Å²) < 4.78 is 46.3. The van der Waals surface area contributed by atoms with E-state index in [0.717, 1.165) is 7.05 Å². The van der Waals surface area contributed by atoms with Crippen molar-refractivity contribution in [2.24, 2.45) is 0 Å². The van der Waals surface area contributed by atoms with E-state index in [2.05, 4.69) is 6.07 Å². The second kappa shape index (κ2) is 7.37. The number of hydrogen-bond donors (Lipinski definition) is 0. The fourth-order valence-electron chi connectivity index (χ4n) is 4.47. The number of hydrogen-bond acceptors (Lipinski definition) is 4. The van der Waals surface area contributed by atoms with Gasteiger partial charge in [0.1, 0.15) is 11.4 Å². The minimum Gasteiger partial charge on any atom is -0.481 e. The SMILES string of the molecule is Cc1c(C#N)ccc2c1C(N1Cc3ccccc3C1=O)=C(N(C)C(=O)C(F)(F)F)C(C)(C)O2. The van der Waals surface area contributed by atoms with Crippen molar-refractivity contribution in [1.29, 1.82) is 5.26 Å². The van der Waals surface area contributed by atoms with E-state index < -0.39 is 23.6 Å². The summed E-state index contributed by atoms with van der Waals surface area (Å²) >= 11 is 0. The van der Waals surface area contributed by atoms with E-state index in [-0.39, 0.29) is 23.5 Å². The lowest BCUT2D eigenvalue weighted by Crippen LogP contribution is -2.49. The molecule has 0 bridgehead atoms. The molecule has 0 N–H and O–H groups in total. The summed E-state index contributed by atoms with van der Waals surface area (Å²) in [4.78, 5) is 27.5. The predicted molar refractivity (Wildman–Crippen MR) is 113 cm³/mol. The number of halogens is 3. The van der Waals surface area contributed by atoms with Crippen molar-refractivity contribution in [3.05, 3.63) is 69.9 Å². The number of alkyl halides is 3. The van der Waals surface area contributed by atoms with E-state index in [9.17, 15) is 28.0 Å². The van der Waals surface area contributed by atoms with Gasteiger partial charge in [0, 0.05) is 18.2 Å². The quantitative estimate of drug-likeness (QED) is 0.674. The van der Waals surface area contributed by atoms with Crippen LogP contribution < -0.4 is 4.74 Å². The summed E-state index contributed by atoms with van der Waals surface area (Å²) in [5.74, 6) is -2.18. The van der Waals surface area contributed by atoms with Crippen molar-refractivity contribution in [3.8, 4) is 11.8 Å². The first-order valence-electron chi connectivity index (χ1n) is 10.1. The van der Waals surface area contributed by atoms with Gasteiger partial charge in [0.2, 0.25) is 0 Å². The van der Waals surface area contributed by atoms with E-state index in [0.29, 0.717) is 32.9 Å². The summed E-state index contributed by atoms with van der Waals surface area (Å²) in [6, 6.07) is 12.0. The molecule has 0 saturated heterocycles. The Balaban J connectivity index is 2.05. The predicted octanol–water partition coefficient (Wildman–Crippen LogP) is 4.38. The number of nitriles is 1.